The van der Waals surface area contributed by atoms with E-state index in [0.717, 1.165) is 6.92 Å². The maximum atomic E-state index is 9.00. The van der Waals surface area contributed by atoms with Crippen molar-refractivity contribution in [3.8, 4) is 0 Å². The predicted octanol–water partition coefficient (Wildman–Crippen LogP) is 2.99. The Balaban J connectivity index is 0.000000261. The zero-order chi connectivity index (χ0) is 9.56. The maximum absolute atomic E-state index is 9.00. The summed E-state index contributed by atoms with van der Waals surface area (Å²) in [7, 11) is 0. The molecule has 1 aromatic rings. The van der Waals surface area contributed by atoms with Crippen molar-refractivity contribution in [1.29, 1.82) is 0 Å². The number of aliphatic carboxylic acids is 1. The Labute approximate surface area is 98.6 Å². The van der Waals surface area contributed by atoms with E-state index in [9.17, 15) is 0 Å². The van der Waals surface area contributed by atoms with Crippen LogP contribution in [-0.2, 0) is 4.79 Å². The van der Waals surface area contributed by atoms with Crippen molar-refractivity contribution in [1.82, 2.24) is 0 Å². The third kappa shape index (κ3) is 8.25. The molecule has 0 aromatic heterocycles. The van der Waals surface area contributed by atoms with E-state index in [-0.39, 0.29) is 0 Å². The highest BCUT2D eigenvalue weighted by Crippen LogP contribution is 2.07. The van der Waals surface area contributed by atoms with Gasteiger partial charge in [0.1, 0.15) is 0 Å². The smallest absolute Gasteiger partial charge is 0.300 e. The molecule has 0 aliphatic rings. The molecule has 1 N–H and O–H groups in total. The summed E-state index contributed by atoms with van der Waals surface area (Å²) in [4.78, 5) is 9.00. The lowest BCUT2D eigenvalue weighted by molar-refractivity contribution is -0.134. The summed E-state index contributed by atoms with van der Waals surface area (Å²) in [6.45, 7) is 1.08. The fourth-order valence-corrected chi connectivity index (χ4v) is 1.15. The molecular weight excluding hydrogens is 382 g/mol. The number of rotatable bonds is 0. The van der Waals surface area contributed by atoms with E-state index in [4.69, 9.17) is 9.90 Å². The Morgan fingerprint density at radius 3 is 1.50 bits per heavy atom. The fourth-order valence-electron chi connectivity index (χ4n) is 0.430. The Morgan fingerprint density at radius 1 is 1.17 bits per heavy atom. The first-order valence-electron chi connectivity index (χ1n) is 3.13. The summed E-state index contributed by atoms with van der Waals surface area (Å²) >= 11 is 4.59. The first-order chi connectivity index (χ1) is 5.52. The molecule has 0 unspecified atom stereocenters. The molecule has 0 radical (unpaired) electrons. The largest absolute Gasteiger partial charge is 0.481 e. The summed E-state index contributed by atoms with van der Waals surface area (Å²) in [5.41, 5.74) is 0. The van der Waals surface area contributed by atoms with E-state index >= 15 is 0 Å². The Morgan fingerprint density at radius 2 is 1.33 bits per heavy atom. The van der Waals surface area contributed by atoms with Crippen LogP contribution in [0.15, 0.2) is 24.3 Å². The lowest BCUT2D eigenvalue weighted by atomic mass is 10.4. The number of halogens is 2. The van der Waals surface area contributed by atoms with Crippen LogP contribution in [-0.4, -0.2) is 11.1 Å². The van der Waals surface area contributed by atoms with Gasteiger partial charge in [-0.3, -0.25) is 4.79 Å². The third-order valence-corrected chi connectivity index (χ3v) is 2.24. The number of hydrogen-bond acceptors (Lipinski definition) is 1. The number of carboxylic acid groups (broad SMARTS) is 1. The second kappa shape index (κ2) is 6.64. The van der Waals surface area contributed by atoms with Crippen LogP contribution in [0.2, 0.25) is 0 Å². The molecule has 0 bridgehead atoms. The molecule has 0 fully saturated rings. The summed E-state index contributed by atoms with van der Waals surface area (Å²) in [6, 6.07) is 8.40. The number of benzene rings is 1. The maximum Gasteiger partial charge on any atom is 0.300 e. The van der Waals surface area contributed by atoms with Crippen LogP contribution in [0, 0.1) is 7.14 Å². The van der Waals surface area contributed by atoms with Gasteiger partial charge in [-0.05, 0) is 69.4 Å². The molecule has 4 heteroatoms. The summed E-state index contributed by atoms with van der Waals surface area (Å²) in [5, 5.41) is 7.42. The molecule has 0 heterocycles. The zero-order valence-corrected chi connectivity index (χ0v) is 10.7. The normalized spacial score (nSPS) is 8.25. The van der Waals surface area contributed by atoms with Crippen LogP contribution in [0.25, 0.3) is 0 Å². The van der Waals surface area contributed by atoms with Gasteiger partial charge >= 0.3 is 0 Å². The summed E-state index contributed by atoms with van der Waals surface area (Å²) in [6.07, 6.45) is 0. The fraction of sp³-hybridized carbons (Fsp3) is 0.125. The number of carboxylic acids is 1. The minimum absolute atomic E-state index is 0.833. The molecule has 2 nitrogen and oxygen atoms in total. The Bertz CT molecular complexity index is 219. The molecule has 1 rings (SSSR count). The monoisotopic (exact) mass is 390 g/mol. The number of hydrogen-bond donors (Lipinski definition) is 1. The predicted molar refractivity (Wildman–Crippen MR) is 65.2 cm³/mol. The van der Waals surface area contributed by atoms with E-state index in [1.807, 2.05) is 0 Å². The molecule has 0 aliphatic carbocycles. The quantitative estimate of drug-likeness (QED) is 0.692. The van der Waals surface area contributed by atoms with E-state index < -0.39 is 5.97 Å². The van der Waals surface area contributed by atoms with Gasteiger partial charge in [0.25, 0.3) is 5.97 Å². The highest BCUT2D eigenvalue weighted by Gasteiger charge is 1.82. The van der Waals surface area contributed by atoms with Gasteiger partial charge in [0.05, 0.1) is 0 Å². The van der Waals surface area contributed by atoms with Crippen molar-refractivity contribution in [2.45, 2.75) is 6.92 Å². The molecule has 0 saturated carbocycles. The van der Waals surface area contributed by atoms with Gasteiger partial charge in [-0.2, -0.15) is 0 Å². The molecule has 0 spiro atoms. The second-order valence-electron chi connectivity index (χ2n) is 1.96. The van der Waals surface area contributed by atoms with E-state index in [1.165, 1.54) is 7.14 Å². The van der Waals surface area contributed by atoms with Crippen molar-refractivity contribution in [3.63, 3.8) is 0 Å². The van der Waals surface area contributed by atoms with Crippen molar-refractivity contribution in [2.75, 3.05) is 0 Å². The van der Waals surface area contributed by atoms with Crippen LogP contribution < -0.4 is 0 Å². The van der Waals surface area contributed by atoms with Crippen LogP contribution in [0.3, 0.4) is 0 Å². The molecule has 0 atom stereocenters. The highest BCUT2D eigenvalue weighted by molar-refractivity contribution is 14.1. The average molecular weight is 390 g/mol. The van der Waals surface area contributed by atoms with Crippen molar-refractivity contribution in [3.05, 3.63) is 31.4 Å². The zero-order valence-electron chi connectivity index (χ0n) is 6.42. The van der Waals surface area contributed by atoms with E-state index in [0.29, 0.717) is 0 Å². The average Bonchev–Trinajstić information content (AvgIpc) is 1.94. The van der Waals surface area contributed by atoms with Gasteiger partial charge in [0.15, 0.2) is 0 Å². The standard InChI is InChI=1S/C6H4I2.C2H4O2/c7-5-1-2-6(8)4-3-5;1-2(3)4/h1-4H;1H3,(H,3,4). The first-order valence-corrected chi connectivity index (χ1v) is 5.28. The molecule has 1 aromatic carbocycles. The van der Waals surface area contributed by atoms with Gasteiger partial charge in [-0.25, -0.2) is 0 Å². The van der Waals surface area contributed by atoms with Crippen LogP contribution in [0.5, 0.6) is 0 Å². The highest BCUT2D eigenvalue weighted by atomic mass is 127. The molecule has 0 amide bonds. The van der Waals surface area contributed by atoms with Gasteiger partial charge in [-0.15, -0.1) is 0 Å². The Hall–Kier alpha value is 0.150. The Kier molecular flexibility index (Phi) is 6.73. The van der Waals surface area contributed by atoms with E-state index in [1.54, 1.807) is 0 Å². The lowest BCUT2D eigenvalue weighted by Gasteiger charge is -1.87. The van der Waals surface area contributed by atoms with Gasteiger partial charge in [0.2, 0.25) is 0 Å². The first kappa shape index (κ1) is 12.2. The lowest BCUT2D eigenvalue weighted by Crippen LogP contribution is -1.78. The molecule has 12 heavy (non-hydrogen) atoms. The molecule has 0 saturated heterocycles. The second-order valence-corrected chi connectivity index (χ2v) is 4.45. The van der Waals surface area contributed by atoms with Crippen LogP contribution >= 0.6 is 45.2 Å². The molecule has 0 aliphatic heterocycles. The molecular formula is C8H8I2O2. The van der Waals surface area contributed by atoms with Gasteiger partial charge < -0.3 is 5.11 Å². The van der Waals surface area contributed by atoms with Crippen molar-refractivity contribution >= 4 is 51.2 Å². The third-order valence-electron chi connectivity index (χ3n) is 0.804. The van der Waals surface area contributed by atoms with Crippen molar-refractivity contribution < 1.29 is 9.90 Å². The molecule has 66 valence electrons. The number of carbonyl (C=O) groups is 1. The topological polar surface area (TPSA) is 37.3 Å². The SMILES string of the molecule is CC(=O)O.Ic1ccc(I)cc1. The van der Waals surface area contributed by atoms with Crippen LogP contribution in [0.1, 0.15) is 6.92 Å². The minimum Gasteiger partial charge on any atom is -0.481 e. The van der Waals surface area contributed by atoms with Gasteiger partial charge in [-0.1, -0.05) is 0 Å². The van der Waals surface area contributed by atoms with Crippen molar-refractivity contribution in [2.24, 2.45) is 0 Å². The summed E-state index contributed by atoms with van der Waals surface area (Å²) < 4.78 is 2.59. The van der Waals surface area contributed by atoms with E-state index in [2.05, 4.69) is 69.4 Å². The minimum atomic E-state index is -0.833. The van der Waals surface area contributed by atoms with Gasteiger partial charge in [0, 0.05) is 14.1 Å². The van der Waals surface area contributed by atoms with Crippen LogP contribution in [0.4, 0.5) is 0 Å². The summed E-state index contributed by atoms with van der Waals surface area (Å²) in [5.74, 6) is -0.833.